The predicted octanol–water partition coefficient (Wildman–Crippen LogP) is 2.68. The fourth-order valence-corrected chi connectivity index (χ4v) is 2.62. The first-order valence-corrected chi connectivity index (χ1v) is 7.45. The zero-order valence-corrected chi connectivity index (χ0v) is 13.3. The Hall–Kier alpha value is -2.95. The maximum absolute atomic E-state index is 5.49. The Kier molecular flexibility index (Phi) is 4.19. The van der Waals surface area contributed by atoms with Gasteiger partial charge in [0.15, 0.2) is 5.65 Å². The summed E-state index contributed by atoms with van der Waals surface area (Å²) in [7, 11) is 1.74. The van der Waals surface area contributed by atoms with E-state index in [-0.39, 0.29) is 0 Å². The highest BCUT2D eigenvalue weighted by molar-refractivity contribution is 6.09. The first-order valence-electron chi connectivity index (χ1n) is 7.45. The molecule has 0 bridgehead atoms. The van der Waals surface area contributed by atoms with Crippen LogP contribution in [0.25, 0.3) is 11.2 Å². The molecule has 116 valence electrons. The number of aliphatic imine (C=N–C) groups is 1. The molecular weight excluding hydrogens is 286 g/mol. The van der Waals surface area contributed by atoms with Crippen molar-refractivity contribution in [1.82, 2.24) is 14.5 Å². The van der Waals surface area contributed by atoms with E-state index in [1.54, 1.807) is 19.3 Å². The van der Waals surface area contributed by atoms with Gasteiger partial charge in [-0.25, -0.2) is 9.97 Å². The Morgan fingerprint density at radius 1 is 1.30 bits per heavy atom. The largest absolute Gasteiger partial charge is 0.405 e. The van der Waals surface area contributed by atoms with Gasteiger partial charge in [0.25, 0.3) is 0 Å². The van der Waals surface area contributed by atoms with E-state index in [0.717, 1.165) is 34.8 Å². The molecule has 3 aromatic rings. The van der Waals surface area contributed by atoms with Crippen LogP contribution in [-0.4, -0.2) is 27.3 Å². The second-order valence-corrected chi connectivity index (χ2v) is 5.27. The second kappa shape index (κ2) is 6.44. The topological polar surface area (TPSA) is 69.1 Å². The number of aryl methyl sites for hydroxylation is 1. The molecule has 0 saturated carbocycles. The zero-order valence-electron chi connectivity index (χ0n) is 13.3. The third-order valence-corrected chi connectivity index (χ3v) is 3.77. The van der Waals surface area contributed by atoms with Crippen LogP contribution >= 0.6 is 0 Å². The Bertz CT molecular complexity index is 875. The van der Waals surface area contributed by atoms with Crippen LogP contribution in [0.5, 0.6) is 0 Å². The number of fused-ring (bicyclic) bond motifs is 1. The van der Waals surface area contributed by atoms with Gasteiger partial charge in [-0.1, -0.05) is 30.3 Å². The van der Waals surface area contributed by atoms with E-state index >= 15 is 0 Å². The molecule has 0 fully saturated rings. The van der Waals surface area contributed by atoms with Crippen LogP contribution in [0.2, 0.25) is 0 Å². The highest BCUT2D eigenvalue weighted by atomic mass is 15.1. The number of hydrogen-bond acceptors (Lipinski definition) is 4. The van der Waals surface area contributed by atoms with E-state index in [2.05, 4.69) is 37.7 Å². The monoisotopic (exact) mass is 305 g/mol. The van der Waals surface area contributed by atoms with Crippen LogP contribution in [-0.2, 0) is 6.54 Å². The zero-order chi connectivity index (χ0) is 16.2. The predicted molar refractivity (Wildman–Crippen MR) is 93.6 cm³/mol. The fraction of sp³-hybridized carbons (Fsp3) is 0.167. The van der Waals surface area contributed by atoms with Gasteiger partial charge in [-0.05, 0) is 30.8 Å². The van der Waals surface area contributed by atoms with E-state index < -0.39 is 0 Å². The van der Waals surface area contributed by atoms with Gasteiger partial charge in [-0.15, -0.1) is 0 Å². The summed E-state index contributed by atoms with van der Waals surface area (Å²) in [4.78, 5) is 13.3. The average Bonchev–Trinajstić information content (AvgIpc) is 2.89. The fourth-order valence-electron chi connectivity index (χ4n) is 2.62. The summed E-state index contributed by atoms with van der Waals surface area (Å²) in [5.41, 5.74) is 10.2. The normalized spacial score (nSPS) is 12.3. The van der Waals surface area contributed by atoms with E-state index in [4.69, 9.17) is 5.73 Å². The van der Waals surface area contributed by atoms with Gasteiger partial charge >= 0.3 is 0 Å². The molecule has 3 rings (SSSR count). The molecule has 0 atom stereocenters. The van der Waals surface area contributed by atoms with Crippen LogP contribution in [0, 0.1) is 6.92 Å². The van der Waals surface area contributed by atoms with Gasteiger partial charge in [-0.2, -0.15) is 0 Å². The number of rotatable bonds is 4. The summed E-state index contributed by atoms with van der Waals surface area (Å²) < 4.78 is 2.17. The molecule has 0 aliphatic heterocycles. The lowest BCUT2D eigenvalue weighted by molar-refractivity contribution is 0.786. The Morgan fingerprint density at radius 2 is 2.09 bits per heavy atom. The summed E-state index contributed by atoms with van der Waals surface area (Å²) in [6.07, 6.45) is 5.04. The lowest BCUT2D eigenvalue weighted by Gasteiger charge is -2.08. The standard InChI is InChI=1S/C18H19N5/c1-13-22-18-17(23(13)12-14-6-4-3-5-7-14)10-15(11-21-18)16(20-2)8-9-19/h3-11H,12,19H2,1-2H3. The minimum Gasteiger partial charge on any atom is -0.405 e. The van der Waals surface area contributed by atoms with Crippen molar-refractivity contribution < 1.29 is 0 Å². The molecular formula is C18H19N5. The minimum atomic E-state index is 0.745. The number of nitrogens with two attached hydrogens (primary N) is 1. The van der Waals surface area contributed by atoms with Crippen molar-refractivity contribution in [2.45, 2.75) is 13.5 Å². The Labute approximate surface area is 135 Å². The minimum absolute atomic E-state index is 0.745. The van der Waals surface area contributed by atoms with Crippen LogP contribution in [0.15, 0.2) is 59.9 Å². The highest BCUT2D eigenvalue weighted by Gasteiger charge is 2.11. The number of nitrogens with zero attached hydrogens (tertiary/aromatic N) is 4. The van der Waals surface area contributed by atoms with Gasteiger partial charge < -0.3 is 10.3 Å². The first kappa shape index (κ1) is 15.0. The summed E-state index contributed by atoms with van der Waals surface area (Å²) in [6.45, 7) is 2.76. The molecule has 0 unspecified atom stereocenters. The van der Waals surface area contributed by atoms with Crippen molar-refractivity contribution in [3.8, 4) is 0 Å². The molecule has 23 heavy (non-hydrogen) atoms. The van der Waals surface area contributed by atoms with Crippen molar-refractivity contribution in [3.05, 3.63) is 71.8 Å². The van der Waals surface area contributed by atoms with E-state index in [0.29, 0.717) is 0 Å². The lowest BCUT2D eigenvalue weighted by Crippen LogP contribution is -2.03. The maximum atomic E-state index is 5.49. The molecule has 0 spiro atoms. The van der Waals surface area contributed by atoms with E-state index in [1.165, 1.54) is 11.8 Å². The quantitative estimate of drug-likeness (QED) is 0.753. The third kappa shape index (κ3) is 2.99. The van der Waals surface area contributed by atoms with E-state index in [9.17, 15) is 0 Å². The number of aromatic nitrogens is 3. The van der Waals surface area contributed by atoms with Crippen molar-refractivity contribution in [3.63, 3.8) is 0 Å². The first-order chi connectivity index (χ1) is 11.2. The van der Waals surface area contributed by atoms with E-state index in [1.807, 2.05) is 25.1 Å². The number of pyridine rings is 1. The molecule has 0 amide bonds. The molecule has 0 radical (unpaired) electrons. The average molecular weight is 305 g/mol. The third-order valence-electron chi connectivity index (χ3n) is 3.77. The molecule has 0 aliphatic carbocycles. The summed E-state index contributed by atoms with van der Waals surface area (Å²) in [6, 6.07) is 12.4. The molecule has 5 heteroatoms. The highest BCUT2D eigenvalue weighted by Crippen LogP contribution is 2.18. The number of hydrogen-bond donors (Lipinski definition) is 1. The number of imidazole rings is 1. The number of benzene rings is 1. The Morgan fingerprint density at radius 3 is 2.78 bits per heavy atom. The van der Waals surface area contributed by atoms with Gasteiger partial charge in [0.05, 0.1) is 11.2 Å². The van der Waals surface area contributed by atoms with Crippen LogP contribution < -0.4 is 5.73 Å². The molecule has 0 saturated heterocycles. The Balaban J connectivity index is 2.09. The molecule has 2 heterocycles. The SMILES string of the molecule is CN=C(C=CN)c1cnc2nc(C)n(Cc3ccccc3)c2c1. The molecule has 1 aromatic carbocycles. The van der Waals surface area contributed by atoms with Crippen LogP contribution in [0.3, 0.4) is 0 Å². The van der Waals surface area contributed by atoms with Gasteiger partial charge in [0, 0.05) is 25.4 Å². The second-order valence-electron chi connectivity index (χ2n) is 5.27. The van der Waals surface area contributed by atoms with Crippen molar-refractivity contribution in [1.29, 1.82) is 0 Å². The number of allylic oxidation sites excluding steroid dienone is 1. The molecule has 5 nitrogen and oxygen atoms in total. The van der Waals surface area contributed by atoms with Gasteiger partial charge in [0.2, 0.25) is 0 Å². The molecule has 0 aliphatic rings. The van der Waals surface area contributed by atoms with Crippen LogP contribution in [0.1, 0.15) is 17.0 Å². The smallest absolute Gasteiger partial charge is 0.177 e. The van der Waals surface area contributed by atoms with Gasteiger partial charge in [-0.3, -0.25) is 4.99 Å². The van der Waals surface area contributed by atoms with Crippen molar-refractivity contribution >= 4 is 16.9 Å². The summed E-state index contributed by atoms with van der Waals surface area (Å²) in [5.74, 6) is 0.942. The van der Waals surface area contributed by atoms with Crippen molar-refractivity contribution in [2.24, 2.45) is 10.7 Å². The lowest BCUT2D eigenvalue weighted by atomic mass is 10.1. The van der Waals surface area contributed by atoms with Crippen LogP contribution in [0.4, 0.5) is 0 Å². The summed E-state index contributed by atoms with van der Waals surface area (Å²) in [5, 5.41) is 0. The van der Waals surface area contributed by atoms with Gasteiger partial charge in [0.1, 0.15) is 5.82 Å². The van der Waals surface area contributed by atoms with Crippen molar-refractivity contribution in [2.75, 3.05) is 7.05 Å². The molecule has 2 N–H and O–H groups in total. The molecule has 2 aromatic heterocycles. The maximum Gasteiger partial charge on any atom is 0.177 e. The summed E-state index contributed by atoms with van der Waals surface area (Å²) >= 11 is 0.